The average molecular weight is 296 g/mol. The van der Waals surface area contributed by atoms with Crippen LogP contribution in [0, 0.1) is 0 Å². The second-order valence-corrected chi connectivity index (χ2v) is 0.525. The van der Waals surface area contributed by atoms with Gasteiger partial charge in [0, 0.05) is 0 Å². The van der Waals surface area contributed by atoms with Gasteiger partial charge in [0.25, 0.3) is 0 Å². The summed E-state index contributed by atoms with van der Waals surface area (Å²) in [5.74, 6) is 0. The van der Waals surface area contributed by atoms with E-state index in [4.69, 9.17) is 0 Å². The van der Waals surface area contributed by atoms with Gasteiger partial charge < -0.3 is 0 Å². The van der Waals surface area contributed by atoms with Gasteiger partial charge in [0.05, 0.1) is 23.7 Å². The summed E-state index contributed by atoms with van der Waals surface area (Å²) in [6.45, 7) is 0. The van der Waals surface area contributed by atoms with Crippen molar-refractivity contribution in [2.24, 2.45) is 0 Å². The summed E-state index contributed by atoms with van der Waals surface area (Å²) in [7, 11) is 0. The molecular formula is BiCl2O+3. The Hall–Kier alpha value is 1.42. The van der Waals surface area contributed by atoms with Crippen molar-refractivity contribution in [2.45, 2.75) is 0 Å². The van der Waals surface area contributed by atoms with E-state index in [1.54, 1.807) is 0 Å². The van der Waals surface area contributed by atoms with Gasteiger partial charge in [-0.1, -0.05) is 0 Å². The Morgan fingerprint density at radius 2 is 1.25 bits per heavy atom. The molecule has 0 aromatic carbocycles. The molecule has 0 fully saturated rings. The van der Waals surface area contributed by atoms with Gasteiger partial charge in [-0.05, 0) is 0 Å². The topological polar surface area (TPSA) is 9.23 Å². The zero-order valence-corrected chi connectivity index (χ0v) is 6.60. The van der Waals surface area contributed by atoms with E-state index in [0.717, 1.165) is 0 Å². The molecule has 0 aliphatic heterocycles. The minimum atomic E-state index is 0. The molecule has 0 N–H and O–H groups in total. The van der Waals surface area contributed by atoms with Crippen LogP contribution >= 0.6 is 23.7 Å². The van der Waals surface area contributed by atoms with Crippen molar-refractivity contribution >= 4 is 49.9 Å². The third kappa shape index (κ3) is 9.92. The van der Waals surface area contributed by atoms with E-state index in [0.29, 0.717) is 0 Å². The summed E-state index contributed by atoms with van der Waals surface area (Å²) in [5, 5.41) is 0. The van der Waals surface area contributed by atoms with Crippen molar-refractivity contribution in [3.8, 4) is 0 Å². The third-order valence-electron chi connectivity index (χ3n) is 0. The van der Waals surface area contributed by atoms with Crippen LogP contribution in [0.4, 0.5) is 0 Å². The van der Waals surface area contributed by atoms with Crippen molar-refractivity contribution in [3.63, 3.8) is 0 Å². The van der Waals surface area contributed by atoms with Gasteiger partial charge in [-0.2, -0.15) is 3.84 Å². The molecule has 0 heterocycles. The van der Waals surface area contributed by atoms with Crippen molar-refractivity contribution < 1.29 is 3.84 Å². The average Bonchev–Trinajstić information content (AvgIpc) is 0.918. The summed E-state index contributed by atoms with van der Waals surface area (Å²) in [6.07, 6.45) is 0. The van der Waals surface area contributed by atoms with Gasteiger partial charge in [0.15, 0.2) is 0 Å². The standard InChI is InChI=1S/Bi.Cl2O/c;1-3-2/q+3;. The molecule has 0 saturated carbocycles. The molecule has 4 heteroatoms. The molecule has 4 heavy (non-hydrogen) atoms. The van der Waals surface area contributed by atoms with Crippen LogP contribution < -0.4 is 0 Å². The summed E-state index contributed by atoms with van der Waals surface area (Å²) >= 11 is 8.53. The Bertz CT molecular complexity index is 6.00. The largest absolute Gasteiger partial charge is 3.00 e. The minimum absolute atomic E-state index is 0. The molecule has 0 saturated heterocycles. The molecule has 0 aliphatic rings. The summed E-state index contributed by atoms with van der Waals surface area (Å²) in [6, 6.07) is 0. The van der Waals surface area contributed by atoms with Crippen LogP contribution in [-0.4, -0.2) is 26.2 Å². The second kappa shape index (κ2) is 8.83. The van der Waals surface area contributed by atoms with Crippen molar-refractivity contribution in [3.05, 3.63) is 0 Å². The predicted molar refractivity (Wildman–Crippen MR) is 18.5 cm³/mol. The molecule has 0 aliphatic carbocycles. The van der Waals surface area contributed by atoms with Crippen LogP contribution in [0.2, 0.25) is 0 Å². The molecule has 0 amide bonds. The number of hydrogen-bond acceptors (Lipinski definition) is 1. The Morgan fingerprint density at radius 3 is 1.25 bits per heavy atom. The van der Waals surface area contributed by atoms with Crippen LogP contribution in [-0.2, 0) is 3.84 Å². The molecular weight excluding hydrogens is 296 g/mol. The molecule has 2 radical (unpaired) electrons. The fraction of sp³-hybridized carbons (Fsp3) is 0. The maximum absolute atomic E-state index is 4.26. The zero-order valence-electron chi connectivity index (χ0n) is 1.61. The molecule has 0 aromatic rings. The Labute approximate surface area is 53.7 Å². The van der Waals surface area contributed by atoms with E-state index in [2.05, 4.69) is 27.6 Å². The molecule has 22 valence electrons. The number of rotatable bonds is 0. The first-order valence-corrected chi connectivity index (χ1v) is 0.926. The van der Waals surface area contributed by atoms with Gasteiger partial charge in [-0.15, -0.1) is 0 Å². The van der Waals surface area contributed by atoms with E-state index in [1.165, 1.54) is 0 Å². The first kappa shape index (κ1) is 9.05. The van der Waals surface area contributed by atoms with Crippen LogP contribution in [0.5, 0.6) is 0 Å². The maximum atomic E-state index is 4.26. The number of hydrogen-bond donors (Lipinski definition) is 0. The van der Waals surface area contributed by atoms with Gasteiger partial charge in [0.1, 0.15) is 0 Å². The Morgan fingerprint density at radius 1 is 1.25 bits per heavy atom. The zero-order chi connectivity index (χ0) is 2.71. The van der Waals surface area contributed by atoms with E-state index in [9.17, 15) is 0 Å². The molecule has 0 rings (SSSR count). The van der Waals surface area contributed by atoms with E-state index in [1.807, 2.05) is 0 Å². The molecule has 0 bridgehead atoms. The Kier molecular flexibility index (Phi) is 20.0. The van der Waals surface area contributed by atoms with Crippen LogP contribution in [0.1, 0.15) is 0 Å². The SMILES string of the molecule is ClOCl.[Bi+3]. The second-order valence-electron chi connectivity index (χ2n) is 0.0583. The van der Waals surface area contributed by atoms with Gasteiger partial charge in [0.2, 0.25) is 0 Å². The monoisotopic (exact) mass is 295 g/mol. The molecule has 0 unspecified atom stereocenters. The third-order valence-corrected chi connectivity index (χ3v) is 0. The maximum Gasteiger partial charge on any atom is 3.00 e. The fourth-order valence-electron chi connectivity index (χ4n) is 0. The fourth-order valence-corrected chi connectivity index (χ4v) is 0. The van der Waals surface area contributed by atoms with Crippen LogP contribution in [0.25, 0.3) is 0 Å². The normalized spacial score (nSPS) is 4.50. The molecule has 0 atom stereocenters. The Balaban J connectivity index is 0. The minimum Gasteiger partial charge on any atom is -0.166 e. The molecule has 0 spiro atoms. The molecule has 0 aromatic heterocycles. The summed E-state index contributed by atoms with van der Waals surface area (Å²) < 4.78 is 3.19. The number of halogens is 2. The van der Waals surface area contributed by atoms with Gasteiger partial charge >= 0.3 is 26.2 Å². The summed E-state index contributed by atoms with van der Waals surface area (Å²) in [4.78, 5) is 0. The van der Waals surface area contributed by atoms with Crippen LogP contribution in [0.15, 0.2) is 0 Å². The first-order valence-electron chi connectivity index (χ1n) is 0.309. The van der Waals surface area contributed by atoms with Crippen molar-refractivity contribution in [2.75, 3.05) is 0 Å². The van der Waals surface area contributed by atoms with Crippen LogP contribution in [0.3, 0.4) is 0 Å². The van der Waals surface area contributed by atoms with E-state index < -0.39 is 0 Å². The molecule has 1 nitrogen and oxygen atoms in total. The van der Waals surface area contributed by atoms with Gasteiger partial charge in [-0.3, -0.25) is 0 Å². The predicted octanol–water partition coefficient (Wildman–Crippen LogP) is 0.930. The van der Waals surface area contributed by atoms with Crippen molar-refractivity contribution in [1.29, 1.82) is 0 Å². The smallest absolute Gasteiger partial charge is 0.166 e. The van der Waals surface area contributed by atoms with E-state index in [-0.39, 0.29) is 26.2 Å². The summed E-state index contributed by atoms with van der Waals surface area (Å²) in [5.41, 5.74) is 0. The van der Waals surface area contributed by atoms with Gasteiger partial charge in [-0.25, -0.2) is 0 Å². The quantitative estimate of drug-likeness (QED) is 0.604. The first-order chi connectivity index (χ1) is 1.41. The van der Waals surface area contributed by atoms with E-state index >= 15 is 0 Å². The van der Waals surface area contributed by atoms with Crippen molar-refractivity contribution in [1.82, 2.24) is 0 Å².